The van der Waals surface area contributed by atoms with E-state index in [1.807, 2.05) is 7.05 Å². The first-order valence-electron chi connectivity index (χ1n) is 14.0. The fraction of sp³-hybridized carbons (Fsp3) is 0.517. The second-order valence-electron chi connectivity index (χ2n) is 11.4. The maximum Gasteiger partial charge on any atom is 0.573 e. The molecule has 0 spiro atoms. The molecule has 2 aliphatic rings. The third kappa shape index (κ3) is 7.93. The minimum absolute atomic E-state index is 0.0746. The number of halogens is 4. The molecule has 3 N–H and O–H groups in total. The summed E-state index contributed by atoms with van der Waals surface area (Å²) in [6, 6.07) is 8.05. The number of nitrogens with zero attached hydrogens (tertiary/aromatic N) is 2. The molecule has 2 fully saturated rings. The Hall–Kier alpha value is -3.03. The maximum atomic E-state index is 13.6. The first kappa shape index (κ1) is 32.9. The van der Waals surface area contributed by atoms with E-state index in [0.717, 1.165) is 24.6 Å². The molecule has 2 amide bonds. The van der Waals surface area contributed by atoms with Gasteiger partial charge in [0.2, 0.25) is 5.91 Å². The summed E-state index contributed by atoms with van der Waals surface area (Å²) in [7, 11) is -1.70. The average Bonchev–Trinajstić information content (AvgIpc) is 3.27. The molecule has 1 heterocycles. The lowest BCUT2D eigenvalue weighted by Gasteiger charge is -2.44. The van der Waals surface area contributed by atoms with Crippen LogP contribution in [0.15, 0.2) is 47.4 Å². The standard InChI is InChI=1S/C29H36ClF3N4O5S/c1-17(2)36(3)20-6-11-26(18(14-20)16-43(40,41)22-8-4-19(30)5-9-22)37-13-12-25(28(37)39)35-27(38)23-15-21(7-10-24(23)34)42-29(31,32)33/h4-5,7-10,15,17-18,20,25-26H,6,11-14,16,34H2,1-3H3,(H,35,38)/t18-,20+,25?,26-/m0/s1. The molecule has 236 valence electrons. The minimum Gasteiger partial charge on any atom is -0.406 e. The third-order valence-corrected chi connectivity index (χ3v) is 10.5. The van der Waals surface area contributed by atoms with E-state index >= 15 is 0 Å². The van der Waals surface area contributed by atoms with Gasteiger partial charge in [0.05, 0.1) is 16.2 Å². The molecule has 4 atom stereocenters. The molecule has 9 nitrogen and oxygen atoms in total. The van der Waals surface area contributed by atoms with Gasteiger partial charge in [0.1, 0.15) is 11.8 Å². The molecule has 0 aromatic heterocycles. The fourth-order valence-electron chi connectivity index (χ4n) is 5.95. The number of nitrogens with one attached hydrogen (secondary N) is 1. The number of rotatable bonds is 9. The van der Waals surface area contributed by atoms with Gasteiger partial charge in [0, 0.05) is 35.4 Å². The molecule has 0 bridgehead atoms. The summed E-state index contributed by atoms with van der Waals surface area (Å²) in [5.41, 5.74) is 5.51. The van der Waals surface area contributed by atoms with Crippen molar-refractivity contribution in [3.63, 3.8) is 0 Å². The number of nitrogens with two attached hydrogens (primary N) is 1. The monoisotopic (exact) mass is 644 g/mol. The molecule has 0 radical (unpaired) electrons. The average molecular weight is 645 g/mol. The normalized spacial score (nSPS) is 23.2. The number of likely N-dealkylation sites (tertiary alicyclic amines) is 1. The highest BCUT2D eigenvalue weighted by Crippen LogP contribution is 2.36. The third-order valence-electron chi connectivity index (χ3n) is 8.36. The van der Waals surface area contributed by atoms with Crippen molar-refractivity contribution in [1.82, 2.24) is 15.1 Å². The van der Waals surface area contributed by atoms with Gasteiger partial charge in [0.25, 0.3) is 5.91 Å². The van der Waals surface area contributed by atoms with Gasteiger partial charge in [-0.1, -0.05) is 11.6 Å². The molecular weight excluding hydrogens is 609 g/mol. The maximum absolute atomic E-state index is 13.6. The van der Waals surface area contributed by atoms with Crippen molar-refractivity contribution < 1.29 is 35.9 Å². The topological polar surface area (TPSA) is 122 Å². The van der Waals surface area contributed by atoms with Crippen LogP contribution in [0.5, 0.6) is 5.75 Å². The minimum atomic E-state index is -4.95. The Balaban J connectivity index is 1.52. The number of hydrogen-bond acceptors (Lipinski definition) is 7. The van der Waals surface area contributed by atoms with Gasteiger partial charge in [-0.3, -0.25) is 9.59 Å². The van der Waals surface area contributed by atoms with Crippen molar-refractivity contribution in [2.45, 2.75) is 75.0 Å². The van der Waals surface area contributed by atoms with Crippen LogP contribution in [0.1, 0.15) is 49.9 Å². The number of anilines is 1. The van der Waals surface area contributed by atoms with E-state index in [1.165, 1.54) is 24.3 Å². The summed E-state index contributed by atoms with van der Waals surface area (Å²) >= 11 is 5.96. The zero-order valence-electron chi connectivity index (χ0n) is 24.1. The van der Waals surface area contributed by atoms with Crippen LogP contribution < -0.4 is 15.8 Å². The summed E-state index contributed by atoms with van der Waals surface area (Å²) in [5.74, 6) is -2.32. The highest BCUT2D eigenvalue weighted by molar-refractivity contribution is 7.91. The summed E-state index contributed by atoms with van der Waals surface area (Å²) in [6.07, 6.45) is -2.79. The fourth-order valence-corrected chi connectivity index (χ4v) is 7.75. The van der Waals surface area contributed by atoms with Crippen LogP contribution in [0.25, 0.3) is 0 Å². The van der Waals surface area contributed by atoms with E-state index in [2.05, 4.69) is 28.8 Å². The van der Waals surface area contributed by atoms with Crippen LogP contribution in [-0.2, 0) is 14.6 Å². The Morgan fingerprint density at radius 2 is 1.84 bits per heavy atom. The van der Waals surface area contributed by atoms with Gasteiger partial charge >= 0.3 is 6.36 Å². The molecule has 1 aliphatic carbocycles. The predicted molar refractivity (Wildman–Crippen MR) is 156 cm³/mol. The van der Waals surface area contributed by atoms with Crippen LogP contribution in [0.2, 0.25) is 5.02 Å². The molecule has 14 heteroatoms. The van der Waals surface area contributed by atoms with E-state index in [1.54, 1.807) is 4.90 Å². The lowest BCUT2D eigenvalue weighted by molar-refractivity contribution is -0.274. The number of amides is 2. The number of ether oxygens (including phenoxy) is 1. The molecule has 4 rings (SSSR count). The lowest BCUT2D eigenvalue weighted by Crippen LogP contribution is -2.53. The van der Waals surface area contributed by atoms with E-state index in [9.17, 15) is 31.2 Å². The molecule has 2 aromatic rings. The van der Waals surface area contributed by atoms with Gasteiger partial charge in [-0.2, -0.15) is 0 Å². The van der Waals surface area contributed by atoms with Crippen molar-refractivity contribution >= 4 is 38.9 Å². The molecular formula is C29H36ClF3N4O5S. The SMILES string of the molecule is CC(C)N(C)[C@@H]1CC[C@H](N2CCC(NC(=O)c3cc(OC(F)(F)F)ccc3N)C2=O)[C@H](CS(=O)(=O)c2ccc(Cl)cc2)C1. The Bertz CT molecular complexity index is 1440. The van der Waals surface area contributed by atoms with Gasteiger partial charge in [-0.25, -0.2) is 8.42 Å². The zero-order valence-corrected chi connectivity index (χ0v) is 25.7. The van der Waals surface area contributed by atoms with E-state index in [-0.39, 0.29) is 58.3 Å². The number of carbonyl (C=O) groups excluding carboxylic acids is 2. The lowest BCUT2D eigenvalue weighted by atomic mass is 9.81. The molecule has 2 aromatic carbocycles. The zero-order chi connectivity index (χ0) is 31.7. The molecule has 1 saturated carbocycles. The van der Waals surface area contributed by atoms with Crippen LogP contribution in [0.4, 0.5) is 18.9 Å². The van der Waals surface area contributed by atoms with Crippen LogP contribution >= 0.6 is 11.6 Å². The van der Waals surface area contributed by atoms with Crippen molar-refractivity contribution in [3.8, 4) is 5.75 Å². The predicted octanol–water partition coefficient (Wildman–Crippen LogP) is 4.50. The van der Waals surface area contributed by atoms with E-state index < -0.39 is 33.9 Å². The first-order chi connectivity index (χ1) is 20.1. The summed E-state index contributed by atoms with van der Waals surface area (Å²) in [5, 5.41) is 3.02. The second-order valence-corrected chi connectivity index (χ2v) is 13.9. The van der Waals surface area contributed by atoms with Crippen molar-refractivity contribution in [1.29, 1.82) is 0 Å². The Labute approximate surface area is 254 Å². The number of sulfone groups is 1. The molecule has 1 unspecified atom stereocenters. The smallest absolute Gasteiger partial charge is 0.406 e. The van der Waals surface area contributed by atoms with Gasteiger partial charge in [0.15, 0.2) is 9.84 Å². The van der Waals surface area contributed by atoms with Crippen molar-refractivity contribution in [3.05, 3.63) is 53.1 Å². The number of alkyl halides is 3. The van der Waals surface area contributed by atoms with Gasteiger partial charge in [-0.05, 0) is 95.0 Å². The van der Waals surface area contributed by atoms with Crippen LogP contribution in [0, 0.1) is 5.92 Å². The number of hydrogen-bond donors (Lipinski definition) is 2. The number of carbonyl (C=O) groups is 2. The van der Waals surface area contributed by atoms with Crippen LogP contribution in [-0.4, -0.2) is 79.9 Å². The molecule has 43 heavy (non-hydrogen) atoms. The summed E-state index contributed by atoms with van der Waals surface area (Å²) < 4.78 is 68.9. The number of nitrogen functional groups attached to an aromatic ring is 1. The molecule has 1 saturated heterocycles. The Morgan fingerprint density at radius 3 is 2.47 bits per heavy atom. The van der Waals surface area contributed by atoms with Gasteiger partial charge < -0.3 is 25.6 Å². The summed E-state index contributed by atoms with van der Waals surface area (Å²) in [4.78, 5) is 30.6. The number of benzene rings is 2. The van der Waals surface area contributed by atoms with Crippen molar-refractivity contribution in [2.75, 3.05) is 25.1 Å². The second kappa shape index (κ2) is 12.9. The first-order valence-corrected chi connectivity index (χ1v) is 16.1. The van der Waals surface area contributed by atoms with Crippen molar-refractivity contribution in [2.24, 2.45) is 5.92 Å². The van der Waals surface area contributed by atoms with E-state index in [4.69, 9.17) is 17.3 Å². The Kier molecular flexibility index (Phi) is 9.87. The van der Waals surface area contributed by atoms with Crippen LogP contribution in [0.3, 0.4) is 0 Å². The quantitative estimate of drug-likeness (QED) is 0.386. The Morgan fingerprint density at radius 1 is 1.16 bits per heavy atom. The van der Waals surface area contributed by atoms with Gasteiger partial charge in [-0.15, -0.1) is 13.2 Å². The van der Waals surface area contributed by atoms with E-state index in [0.29, 0.717) is 24.4 Å². The molecule has 1 aliphatic heterocycles. The largest absolute Gasteiger partial charge is 0.573 e. The summed E-state index contributed by atoms with van der Waals surface area (Å²) in [6.45, 7) is 4.43. The highest BCUT2D eigenvalue weighted by atomic mass is 35.5. The highest BCUT2D eigenvalue weighted by Gasteiger charge is 2.44.